The number of phenols is 1. The summed E-state index contributed by atoms with van der Waals surface area (Å²) >= 11 is 0. The smallest absolute Gasteiger partial charge is 0.339 e. The van der Waals surface area contributed by atoms with E-state index in [2.05, 4.69) is 10.5 Å². The fourth-order valence-corrected chi connectivity index (χ4v) is 4.27. The van der Waals surface area contributed by atoms with Crippen LogP contribution in [0.2, 0.25) is 0 Å². The van der Waals surface area contributed by atoms with Gasteiger partial charge >= 0.3 is 5.63 Å². The van der Waals surface area contributed by atoms with Gasteiger partial charge in [0.15, 0.2) is 11.5 Å². The number of aromatic hydroxyl groups is 1. The molecule has 0 spiro atoms. The summed E-state index contributed by atoms with van der Waals surface area (Å²) in [5.41, 5.74) is 7.24. The predicted octanol–water partition coefficient (Wildman–Crippen LogP) is 3.89. The van der Waals surface area contributed by atoms with Crippen molar-refractivity contribution in [2.75, 3.05) is 21.3 Å². The maximum atomic E-state index is 12.1. The number of fused-ring (bicyclic) bond motifs is 1. The van der Waals surface area contributed by atoms with Crippen molar-refractivity contribution in [2.24, 2.45) is 5.10 Å². The Morgan fingerprint density at radius 1 is 1.06 bits per heavy atom. The number of hydrogen-bond donors (Lipinski definition) is 2. The van der Waals surface area contributed by atoms with E-state index in [1.807, 2.05) is 19.1 Å². The van der Waals surface area contributed by atoms with Crippen molar-refractivity contribution in [1.29, 1.82) is 0 Å². The highest BCUT2D eigenvalue weighted by Crippen LogP contribution is 2.44. The molecule has 1 aliphatic heterocycles. The van der Waals surface area contributed by atoms with Crippen LogP contribution in [0.25, 0.3) is 11.0 Å². The minimum absolute atomic E-state index is 0.0600. The molecule has 2 heterocycles. The van der Waals surface area contributed by atoms with E-state index in [0.717, 1.165) is 11.1 Å². The molecule has 1 atom stereocenters. The zero-order valence-corrected chi connectivity index (χ0v) is 19.0. The first-order valence-corrected chi connectivity index (χ1v) is 10.2. The molecule has 2 aromatic carbocycles. The standard InChI is InChI=1S/C24H26N2O6/c1-11-9-18-20(12(2)13(3)24(28)32-18)21(27)19(11)16-10-15(25-26-16)14-7-8-17(29-4)23(31-6)22(14)30-5/h7-9,15,25,27H,10H2,1-6H3/t15-/m0/s1. The van der Waals surface area contributed by atoms with Crippen LogP contribution in [-0.4, -0.2) is 32.1 Å². The van der Waals surface area contributed by atoms with Crippen LogP contribution in [0.5, 0.6) is 23.0 Å². The fourth-order valence-electron chi connectivity index (χ4n) is 4.27. The first-order chi connectivity index (χ1) is 15.3. The number of hydrazone groups is 1. The van der Waals surface area contributed by atoms with Crippen LogP contribution in [0, 0.1) is 20.8 Å². The summed E-state index contributed by atoms with van der Waals surface area (Å²) in [6.45, 7) is 5.35. The van der Waals surface area contributed by atoms with E-state index < -0.39 is 5.63 Å². The average Bonchev–Trinajstić information content (AvgIpc) is 3.25. The molecule has 0 aliphatic carbocycles. The second-order valence-corrected chi connectivity index (χ2v) is 7.80. The number of nitrogens with one attached hydrogen (secondary N) is 1. The fraction of sp³-hybridized carbons (Fsp3) is 0.333. The minimum Gasteiger partial charge on any atom is -0.506 e. The lowest BCUT2D eigenvalue weighted by molar-refractivity contribution is 0.320. The number of rotatable bonds is 5. The molecule has 3 aromatic rings. The molecule has 32 heavy (non-hydrogen) atoms. The van der Waals surface area contributed by atoms with E-state index in [1.165, 1.54) is 0 Å². The normalized spacial score (nSPS) is 15.4. The number of hydrogen-bond acceptors (Lipinski definition) is 8. The van der Waals surface area contributed by atoms with Crippen molar-refractivity contribution < 1.29 is 23.7 Å². The molecule has 1 aliphatic rings. The van der Waals surface area contributed by atoms with Gasteiger partial charge in [-0.25, -0.2) is 4.79 Å². The van der Waals surface area contributed by atoms with Crippen molar-refractivity contribution in [3.8, 4) is 23.0 Å². The summed E-state index contributed by atoms with van der Waals surface area (Å²) in [4.78, 5) is 12.1. The highest BCUT2D eigenvalue weighted by molar-refractivity contribution is 6.09. The van der Waals surface area contributed by atoms with Gasteiger partial charge in [0, 0.05) is 23.1 Å². The van der Waals surface area contributed by atoms with Gasteiger partial charge in [0.25, 0.3) is 0 Å². The van der Waals surface area contributed by atoms with E-state index in [1.54, 1.807) is 41.2 Å². The van der Waals surface area contributed by atoms with E-state index in [4.69, 9.17) is 18.6 Å². The van der Waals surface area contributed by atoms with E-state index in [0.29, 0.717) is 57.0 Å². The molecule has 0 unspecified atom stereocenters. The summed E-state index contributed by atoms with van der Waals surface area (Å²) < 4.78 is 21.9. The van der Waals surface area contributed by atoms with Gasteiger partial charge in [-0.3, -0.25) is 0 Å². The van der Waals surface area contributed by atoms with Gasteiger partial charge in [-0.1, -0.05) is 0 Å². The van der Waals surface area contributed by atoms with Crippen LogP contribution in [-0.2, 0) is 0 Å². The van der Waals surface area contributed by atoms with Crippen LogP contribution in [0.4, 0.5) is 0 Å². The van der Waals surface area contributed by atoms with Crippen LogP contribution in [0.15, 0.2) is 32.5 Å². The van der Waals surface area contributed by atoms with Crippen LogP contribution >= 0.6 is 0 Å². The number of ether oxygens (including phenoxy) is 3. The summed E-state index contributed by atoms with van der Waals surface area (Å²) in [6, 6.07) is 5.31. The maximum Gasteiger partial charge on any atom is 0.339 e. The Hall–Kier alpha value is -3.68. The molecule has 168 valence electrons. The van der Waals surface area contributed by atoms with Crippen molar-refractivity contribution >= 4 is 16.7 Å². The van der Waals surface area contributed by atoms with Crippen molar-refractivity contribution in [3.63, 3.8) is 0 Å². The van der Waals surface area contributed by atoms with E-state index in [9.17, 15) is 9.90 Å². The molecule has 0 bridgehead atoms. The molecule has 1 aromatic heterocycles. The van der Waals surface area contributed by atoms with Gasteiger partial charge in [-0.15, -0.1) is 0 Å². The molecule has 8 nitrogen and oxygen atoms in total. The first-order valence-electron chi connectivity index (χ1n) is 10.2. The second-order valence-electron chi connectivity index (χ2n) is 7.80. The minimum atomic E-state index is -0.401. The largest absolute Gasteiger partial charge is 0.506 e. The van der Waals surface area contributed by atoms with Crippen LogP contribution in [0.3, 0.4) is 0 Å². The molecular weight excluding hydrogens is 412 g/mol. The number of nitrogens with zero attached hydrogens (tertiary/aromatic N) is 1. The number of benzene rings is 2. The number of phenolic OH excluding ortho intramolecular Hbond substituents is 1. The summed E-state index contributed by atoms with van der Waals surface area (Å²) in [7, 11) is 4.71. The molecule has 0 saturated heterocycles. The van der Waals surface area contributed by atoms with Crippen LogP contribution in [0.1, 0.15) is 40.3 Å². The summed E-state index contributed by atoms with van der Waals surface area (Å²) in [5.74, 6) is 1.70. The van der Waals surface area contributed by atoms with Gasteiger partial charge in [-0.05, 0) is 50.1 Å². The molecule has 0 radical (unpaired) electrons. The summed E-state index contributed by atoms with van der Waals surface area (Å²) in [6.07, 6.45) is 0.514. The third-order valence-electron chi connectivity index (χ3n) is 6.06. The quantitative estimate of drug-likeness (QED) is 0.583. The van der Waals surface area contributed by atoms with Gasteiger partial charge in [0.1, 0.15) is 11.3 Å². The number of methoxy groups -OCH3 is 3. The zero-order valence-electron chi connectivity index (χ0n) is 19.0. The molecule has 2 N–H and O–H groups in total. The maximum absolute atomic E-state index is 12.1. The average molecular weight is 438 g/mol. The summed E-state index contributed by atoms with van der Waals surface area (Å²) in [5, 5.41) is 16.2. The lowest BCUT2D eigenvalue weighted by Crippen LogP contribution is -2.12. The molecule has 8 heteroatoms. The Kier molecular flexibility index (Phi) is 5.46. The predicted molar refractivity (Wildman–Crippen MR) is 121 cm³/mol. The third-order valence-corrected chi connectivity index (χ3v) is 6.06. The van der Waals surface area contributed by atoms with Gasteiger partial charge in [0.05, 0.1) is 38.5 Å². The van der Waals surface area contributed by atoms with Crippen molar-refractivity contribution in [2.45, 2.75) is 33.2 Å². The monoisotopic (exact) mass is 438 g/mol. The van der Waals surface area contributed by atoms with E-state index >= 15 is 0 Å². The topological polar surface area (TPSA) is 103 Å². The highest BCUT2D eigenvalue weighted by Gasteiger charge is 2.30. The Labute approximate surface area is 185 Å². The zero-order chi connectivity index (χ0) is 23.2. The van der Waals surface area contributed by atoms with Gasteiger partial charge in [-0.2, -0.15) is 5.10 Å². The van der Waals surface area contributed by atoms with E-state index in [-0.39, 0.29) is 11.8 Å². The Morgan fingerprint density at radius 2 is 1.78 bits per heavy atom. The van der Waals surface area contributed by atoms with Crippen LogP contribution < -0.4 is 25.3 Å². The Balaban J connectivity index is 1.77. The second kappa shape index (κ2) is 8.11. The molecule has 0 fully saturated rings. The molecule has 4 rings (SSSR count). The van der Waals surface area contributed by atoms with Gasteiger partial charge < -0.3 is 29.2 Å². The molecular formula is C24H26N2O6. The van der Waals surface area contributed by atoms with Crippen molar-refractivity contribution in [1.82, 2.24) is 5.43 Å². The first kappa shape index (κ1) is 21.5. The lowest BCUT2D eigenvalue weighted by atomic mass is 9.92. The Bertz CT molecular complexity index is 1310. The van der Waals surface area contributed by atoms with Crippen molar-refractivity contribution in [3.05, 3.63) is 56.4 Å². The molecule has 0 amide bonds. The SMILES string of the molecule is COc1ccc([C@@H]2CC(c3c(C)cc4oc(=O)c(C)c(C)c4c3O)=NN2)c(OC)c1OC. The third kappa shape index (κ3) is 3.23. The number of aryl methyl sites for hydroxylation is 2. The highest BCUT2D eigenvalue weighted by atomic mass is 16.5. The lowest BCUT2D eigenvalue weighted by Gasteiger charge is -2.19. The van der Waals surface area contributed by atoms with Gasteiger partial charge in [0.2, 0.25) is 5.75 Å². The molecule has 0 saturated carbocycles. The Morgan fingerprint density at radius 3 is 2.44 bits per heavy atom.